The van der Waals surface area contributed by atoms with E-state index in [0.717, 1.165) is 18.5 Å². The van der Waals surface area contributed by atoms with Gasteiger partial charge in [0.15, 0.2) is 0 Å². The van der Waals surface area contributed by atoms with Crippen LogP contribution in [0.3, 0.4) is 0 Å². The standard InChI is InChI=1S/C9H19NO/c1-5-6-9(7(2)3)8(4)10-11/h7,9-11H,4-6H2,1-3H3. The van der Waals surface area contributed by atoms with Crippen molar-refractivity contribution in [1.82, 2.24) is 5.48 Å². The zero-order chi connectivity index (χ0) is 8.85. The fourth-order valence-electron chi connectivity index (χ4n) is 1.30. The molecule has 0 aromatic heterocycles. The van der Waals surface area contributed by atoms with E-state index < -0.39 is 0 Å². The Balaban J connectivity index is 3.98. The van der Waals surface area contributed by atoms with Gasteiger partial charge in [0.1, 0.15) is 0 Å². The van der Waals surface area contributed by atoms with Crippen molar-refractivity contribution in [2.75, 3.05) is 0 Å². The van der Waals surface area contributed by atoms with E-state index in [0.29, 0.717) is 11.8 Å². The highest BCUT2D eigenvalue weighted by Gasteiger charge is 2.14. The molecule has 0 aliphatic rings. The molecule has 0 radical (unpaired) electrons. The van der Waals surface area contributed by atoms with Crippen LogP contribution in [0.2, 0.25) is 0 Å². The minimum absolute atomic E-state index is 0.394. The minimum Gasteiger partial charge on any atom is -0.291 e. The predicted octanol–water partition coefficient (Wildman–Crippen LogP) is 2.55. The van der Waals surface area contributed by atoms with E-state index >= 15 is 0 Å². The van der Waals surface area contributed by atoms with Gasteiger partial charge in [-0.1, -0.05) is 33.8 Å². The van der Waals surface area contributed by atoms with Crippen LogP contribution in [0, 0.1) is 11.8 Å². The Morgan fingerprint density at radius 2 is 2.09 bits per heavy atom. The molecule has 0 rings (SSSR count). The molecule has 0 heterocycles. The zero-order valence-electron chi connectivity index (χ0n) is 7.72. The second kappa shape index (κ2) is 5.19. The Morgan fingerprint density at radius 1 is 1.55 bits per heavy atom. The van der Waals surface area contributed by atoms with Gasteiger partial charge in [0.2, 0.25) is 0 Å². The third kappa shape index (κ3) is 3.42. The molecule has 0 amide bonds. The topological polar surface area (TPSA) is 32.3 Å². The molecule has 2 nitrogen and oxygen atoms in total. The molecule has 2 heteroatoms. The average molecular weight is 157 g/mol. The van der Waals surface area contributed by atoms with E-state index in [4.69, 9.17) is 5.21 Å². The Hall–Kier alpha value is -0.500. The summed E-state index contributed by atoms with van der Waals surface area (Å²) in [5, 5.41) is 8.63. The Kier molecular flexibility index (Phi) is 4.95. The smallest absolute Gasteiger partial charge is 0.0338 e. The first-order valence-electron chi connectivity index (χ1n) is 4.22. The van der Waals surface area contributed by atoms with E-state index in [9.17, 15) is 0 Å². The molecular formula is C9H19NO. The summed E-state index contributed by atoms with van der Waals surface area (Å²) in [5.74, 6) is 0.937. The fraction of sp³-hybridized carbons (Fsp3) is 0.778. The van der Waals surface area contributed by atoms with E-state index in [1.165, 1.54) is 0 Å². The molecule has 0 spiro atoms. The molecule has 66 valence electrons. The predicted molar refractivity (Wildman–Crippen MR) is 47.3 cm³/mol. The molecule has 0 aliphatic heterocycles. The lowest BCUT2D eigenvalue weighted by molar-refractivity contribution is 0.175. The van der Waals surface area contributed by atoms with Gasteiger partial charge >= 0.3 is 0 Å². The Bertz CT molecular complexity index is 121. The number of rotatable bonds is 5. The number of hydroxylamine groups is 1. The first-order chi connectivity index (χ1) is 5.13. The molecule has 0 aromatic rings. The van der Waals surface area contributed by atoms with Crippen LogP contribution in [0.15, 0.2) is 12.3 Å². The summed E-state index contributed by atoms with van der Waals surface area (Å²) in [5.41, 5.74) is 2.87. The second-order valence-electron chi connectivity index (χ2n) is 3.28. The van der Waals surface area contributed by atoms with Crippen LogP contribution in [0.4, 0.5) is 0 Å². The van der Waals surface area contributed by atoms with Crippen LogP contribution >= 0.6 is 0 Å². The van der Waals surface area contributed by atoms with Gasteiger partial charge < -0.3 is 0 Å². The third-order valence-corrected chi connectivity index (χ3v) is 2.00. The fourth-order valence-corrected chi connectivity index (χ4v) is 1.30. The zero-order valence-corrected chi connectivity index (χ0v) is 7.72. The number of allylic oxidation sites excluding steroid dienone is 1. The Labute approximate surface area is 69.3 Å². The average Bonchev–Trinajstić information content (AvgIpc) is 1.98. The van der Waals surface area contributed by atoms with Crippen molar-refractivity contribution in [2.24, 2.45) is 11.8 Å². The highest BCUT2D eigenvalue weighted by molar-refractivity contribution is 4.96. The van der Waals surface area contributed by atoms with Gasteiger partial charge in [-0.05, 0) is 12.3 Å². The van der Waals surface area contributed by atoms with Crippen LogP contribution in [0.1, 0.15) is 33.6 Å². The van der Waals surface area contributed by atoms with Crippen LogP contribution in [-0.4, -0.2) is 5.21 Å². The maximum absolute atomic E-state index is 8.63. The van der Waals surface area contributed by atoms with Gasteiger partial charge in [-0.3, -0.25) is 10.7 Å². The first-order valence-corrected chi connectivity index (χ1v) is 4.22. The number of hydrogen-bond acceptors (Lipinski definition) is 2. The quantitative estimate of drug-likeness (QED) is 0.601. The van der Waals surface area contributed by atoms with Gasteiger partial charge in [0.25, 0.3) is 0 Å². The summed E-state index contributed by atoms with van der Waals surface area (Å²) >= 11 is 0. The molecule has 2 N–H and O–H groups in total. The summed E-state index contributed by atoms with van der Waals surface area (Å²) in [7, 11) is 0. The lowest BCUT2D eigenvalue weighted by atomic mass is 9.89. The van der Waals surface area contributed by atoms with Gasteiger partial charge in [-0.15, -0.1) is 0 Å². The number of hydrogen-bond donors (Lipinski definition) is 2. The summed E-state index contributed by atoms with van der Waals surface area (Å²) in [6.45, 7) is 10.2. The van der Waals surface area contributed by atoms with Crippen molar-refractivity contribution in [3.05, 3.63) is 12.3 Å². The highest BCUT2D eigenvalue weighted by atomic mass is 16.5. The van der Waals surface area contributed by atoms with Crippen molar-refractivity contribution in [2.45, 2.75) is 33.6 Å². The molecule has 11 heavy (non-hydrogen) atoms. The summed E-state index contributed by atoms with van der Waals surface area (Å²) in [6.07, 6.45) is 2.22. The van der Waals surface area contributed by atoms with E-state index in [2.05, 4.69) is 32.8 Å². The first kappa shape index (κ1) is 10.5. The van der Waals surface area contributed by atoms with Crippen LogP contribution in [-0.2, 0) is 0 Å². The van der Waals surface area contributed by atoms with Crippen molar-refractivity contribution < 1.29 is 5.21 Å². The maximum Gasteiger partial charge on any atom is 0.0338 e. The lowest BCUT2D eigenvalue weighted by Gasteiger charge is -2.21. The van der Waals surface area contributed by atoms with E-state index in [1.54, 1.807) is 0 Å². The monoisotopic (exact) mass is 157 g/mol. The van der Waals surface area contributed by atoms with Gasteiger partial charge in [-0.25, -0.2) is 0 Å². The van der Waals surface area contributed by atoms with Crippen LogP contribution in [0.25, 0.3) is 0 Å². The molecule has 0 aliphatic carbocycles. The lowest BCUT2D eigenvalue weighted by Crippen LogP contribution is -2.20. The van der Waals surface area contributed by atoms with Crippen molar-refractivity contribution in [1.29, 1.82) is 0 Å². The molecule has 0 bridgehead atoms. The van der Waals surface area contributed by atoms with Gasteiger partial charge in [-0.2, -0.15) is 0 Å². The summed E-state index contributed by atoms with van der Waals surface area (Å²) in [6, 6.07) is 0. The van der Waals surface area contributed by atoms with Crippen molar-refractivity contribution in [3.8, 4) is 0 Å². The third-order valence-electron chi connectivity index (χ3n) is 2.00. The SMILES string of the molecule is C=C(NO)C(CCC)C(C)C. The molecule has 0 saturated carbocycles. The normalized spacial score (nSPS) is 13.2. The molecule has 0 fully saturated rings. The van der Waals surface area contributed by atoms with Crippen molar-refractivity contribution in [3.63, 3.8) is 0 Å². The largest absolute Gasteiger partial charge is 0.291 e. The summed E-state index contributed by atoms with van der Waals surface area (Å²) < 4.78 is 0. The van der Waals surface area contributed by atoms with Crippen molar-refractivity contribution >= 4 is 0 Å². The molecule has 1 atom stereocenters. The van der Waals surface area contributed by atoms with Gasteiger partial charge in [0.05, 0.1) is 0 Å². The Morgan fingerprint density at radius 3 is 2.36 bits per heavy atom. The molecular weight excluding hydrogens is 138 g/mol. The molecule has 0 saturated heterocycles. The second-order valence-corrected chi connectivity index (χ2v) is 3.28. The van der Waals surface area contributed by atoms with E-state index in [-0.39, 0.29) is 0 Å². The molecule has 0 aromatic carbocycles. The highest BCUT2D eigenvalue weighted by Crippen LogP contribution is 2.22. The minimum atomic E-state index is 0.394. The van der Waals surface area contributed by atoms with Crippen LogP contribution < -0.4 is 5.48 Å². The molecule has 1 unspecified atom stereocenters. The van der Waals surface area contributed by atoms with Crippen LogP contribution in [0.5, 0.6) is 0 Å². The van der Waals surface area contributed by atoms with Gasteiger partial charge in [0, 0.05) is 11.6 Å². The van der Waals surface area contributed by atoms with E-state index in [1.807, 2.05) is 0 Å². The number of nitrogens with one attached hydrogen (secondary N) is 1. The maximum atomic E-state index is 8.63. The summed E-state index contributed by atoms with van der Waals surface area (Å²) in [4.78, 5) is 0.